The van der Waals surface area contributed by atoms with Crippen molar-refractivity contribution >= 4 is 12.4 Å². The van der Waals surface area contributed by atoms with Crippen LogP contribution in [0.2, 0.25) is 0 Å². The van der Waals surface area contributed by atoms with Crippen LogP contribution in [0.1, 0.15) is 41.5 Å². The normalized spacial score (nSPS) is 21.8. The minimum atomic E-state index is 0. The maximum absolute atomic E-state index is 6.19. The molecule has 0 aromatic heterocycles. The molecule has 0 spiro atoms. The third-order valence-corrected chi connectivity index (χ3v) is 3.74. The van der Waals surface area contributed by atoms with Gasteiger partial charge in [-0.2, -0.15) is 0 Å². The molecule has 2 unspecified atom stereocenters. The minimum absolute atomic E-state index is 0. The molecule has 1 nitrogen and oxygen atoms in total. The first kappa shape index (κ1) is 13.1. The predicted octanol–water partition coefficient (Wildman–Crippen LogP) is 4.03. The van der Waals surface area contributed by atoms with Crippen LogP contribution in [0.5, 0.6) is 0 Å². The first-order valence-corrected chi connectivity index (χ1v) is 6.25. The second kappa shape index (κ2) is 5.55. The lowest BCUT2D eigenvalue weighted by molar-refractivity contribution is 0.530. The van der Waals surface area contributed by atoms with E-state index in [1.807, 2.05) is 0 Å². The standard InChI is InChI=1S/C16H17N.ClH/c17-16-11-10-13(12-6-2-1-3-7-12)14-8-4-5-9-15(14)16;/h1-9,13,16H,10-11,17H2;1H. The highest BCUT2D eigenvalue weighted by Crippen LogP contribution is 2.39. The molecule has 2 N–H and O–H groups in total. The highest BCUT2D eigenvalue weighted by molar-refractivity contribution is 5.85. The molecule has 3 rings (SSSR count). The summed E-state index contributed by atoms with van der Waals surface area (Å²) in [5.41, 5.74) is 10.3. The molecule has 0 heterocycles. The number of nitrogens with two attached hydrogens (primary N) is 1. The summed E-state index contributed by atoms with van der Waals surface area (Å²) in [6, 6.07) is 19.6. The Bertz CT molecular complexity index is 510. The van der Waals surface area contributed by atoms with Gasteiger partial charge < -0.3 is 5.73 Å². The molecule has 0 saturated carbocycles. The Hall–Kier alpha value is -1.31. The number of halogens is 1. The first-order chi connectivity index (χ1) is 8.36. The Labute approximate surface area is 114 Å². The van der Waals surface area contributed by atoms with Crippen molar-refractivity contribution in [2.75, 3.05) is 0 Å². The summed E-state index contributed by atoms with van der Waals surface area (Å²) in [4.78, 5) is 0. The SMILES string of the molecule is Cl.NC1CCC(c2ccccc2)c2ccccc21. The van der Waals surface area contributed by atoms with Crippen LogP contribution in [-0.2, 0) is 0 Å². The molecule has 2 aromatic carbocycles. The lowest BCUT2D eigenvalue weighted by Gasteiger charge is -2.29. The van der Waals surface area contributed by atoms with Gasteiger partial charge in [-0.25, -0.2) is 0 Å². The van der Waals surface area contributed by atoms with Crippen molar-refractivity contribution in [1.82, 2.24) is 0 Å². The molecule has 0 fully saturated rings. The Morgan fingerprint density at radius 2 is 1.39 bits per heavy atom. The van der Waals surface area contributed by atoms with Crippen LogP contribution in [0.15, 0.2) is 54.6 Å². The van der Waals surface area contributed by atoms with Crippen molar-refractivity contribution in [2.24, 2.45) is 5.73 Å². The number of fused-ring (bicyclic) bond motifs is 1. The van der Waals surface area contributed by atoms with Crippen molar-refractivity contribution in [3.8, 4) is 0 Å². The van der Waals surface area contributed by atoms with E-state index in [-0.39, 0.29) is 18.4 Å². The van der Waals surface area contributed by atoms with E-state index in [9.17, 15) is 0 Å². The quantitative estimate of drug-likeness (QED) is 0.822. The summed E-state index contributed by atoms with van der Waals surface area (Å²) >= 11 is 0. The molecular formula is C16H18ClN. The maximum atomic E-state index is 6.19. The molecule has 0 bridgehead atoms. The van der Waals surface area contributed by atoms with Crippen molar-refractivity contribution in [3.63, 3.8) is 0 Å². The fourth-order valence-electron chi connectivity index (χ4n) is 2.85. The van der Waals surface area contributed by atoms with Gasteiger partial charge in [0.25, 0.3) is 0 Å². The summed E-state index contributed by atoms with van der Waals surface area (Å²) in [6.07, 6.45) is 2.23. The van der Waals surface area contributed by atoms with E-state index in [4.69, 9.17) is 5.73 Å². The van der Waals surface area contributed by atoms with Gasteiger partial charge in [0.2, 0.25) is 0 Å². The van der Waals surface area contributed by atoms with Gasteiger partial charge in [0.1, 0.15) is 0 Å². The molecule has 0 aliphatic heterocycles. The smallest absolute Gasteiger partial charge is 0.0298 e. The van der Waals surface area contributed by atoms with Gasteiger partial charge in [-0.1, -0.05) is 54.6 Å². The van der Waals surface area contributed by atoms with Crippen molar-refractivity contribution in [2.45, 2.75) is 24.8 Å². The van der Waals surface area contributed by atoms with Gasteiger partial charge in [0, 0.05) is 12.0 Å². The van der Waals surface area contributed by atoms with E-state index in [0.717, 1.165) is 12.8 Å². The molecule has 2 heteroatoms. The van der Waals surface area contributed by atoms with Crippen LogP contribution in [0.25, 0.3) is 0 Å². The van der Waals surface area contributed by atoms with Crippen molar-refractivity contribution < 1.29 is 0 Å². The van der Waals surface area contributed by atoms with E-state index < -0.39 is 0 Å². The average Bonchev–Trinajstić information content (AvgIpc) is 2.41. The number of hydrogen-bond acceptors (Lipinski definition) is 1. The molecule has 0 radical (unpaired) electrons. The third kappa shape index (κ3) is 2.29. The Morgan fingerprint density at radius 3 is 2.11 bits per heavy atom. The van der Waals surface area contributed by atoms with Gasteiger partial charge in [0.15, 0.2) is 0 Å². The summed E-state index contributed by atoms with van der Waals surface area (Å²) < 4.78 is 0. The van der Waals surface area contributed by atoms with E-state index in [1.54, 1.807) is 0 Å². The van der Waals surface area contributed by atoms with Gasteiger partial charge in [-0.3, -0.25) is 0 Å². The zero-order valence-electron chi connectivity index (χ0n) is 10.3. The van der Waals surface area contributed by atoms with Gasteiger partial charge in [-0.15, -0.1) is 12.4 Å². The fourth-order valence-corrected chi connectivity index (χ4v) is 2.85. The number of rotatable bonds is 1. The lowest BCUT2D eigenvalue weighted by atomic mass is 9.77. The topological polar surface area (TPSA) is 26.0 Å². The molecule has 1 aliphatic carbocycles. The molecular weight excluding hydrogens is 242 g/mol. The molecule has 1 aliphatic rings. The number of hydrogen-bond donors (Lipinski definition) is 1. The van der Waals surface area contributed by atoms with Crippen molar-refractivity contribution in [1.29, 1.82) is 0 Å². The fraction of sp³-hybridized carbons (Fsp3) is 0.250. The number of benzene rings is 2. The molecule has 0 amide bonds. The Balaban J connectivity index is 0.00000120. The predicted molar refractivity (Wildman–Crippen MR) is 78.1 cm³/mol. The van der Waals surface area contributed by atoms with E-state index in [2.05, 4.69) is 54.6 Å². The van der Waals surface area contributed by atoms with Crippen molar-refractivity contribution in [3.05, 3.63) is 71.3 Å². The average molecular weight is 260 g/mol. The zero-order chi connectivity index (χ0) is 11.7. The van der Waals surface area contributed by atoms with E-state index >= 15 is 0 Å². The van der Waals surface area contributed by atoms with Gasteiger partial charge in [0.05, 0.1) is 0 Å². The summed E-state index contributed by atoms with van der Waals surface area (Å²) in [5.74, 6) is 0.521. The van der Waals surface area contributed by atoms with Crippen LogP contribution >= 0.6 is 12.4 Å². The van der Waals surface area contributed by atoms with Crippen LogP contribution in [0, 0.1) is 0 Å². The van der Waals surface area contributed by atoms with Crippen LogP contribution in [-0.4, -0.2) is 0 Å². The summed E-state index contributed by atoms with van der Waals surface area (Å²) in [7, 11) is 0. The molecule has 18 heavy (non-hydrogen) atoms. The monoisotopic (exact) mass is 259 g/mol. The molecule has 0 saturated heterocycles. The van der Waals surface area contributed by atoms with E-state index in [1.165, 1.54) is 16.7 Å². The lowest BCUT2D eigenvalue weighted by Crippen LogP contribution is -2.20. The highest BCUT2D eigenvalue weighted by atomic mass is 35.5. The molecule has 94 valence electrons. The maximum Gasteiger partial charge on any atom is 0.0298 e. The second-order valence-electron chi connectivity index (χ2n) is 4.78. The van der Waals surface area contributed by atoms with Crippen LogP contribution in [0.4, 0.5) is 0 Å². The Kier molecular flexibility index (Phi) is 4.05. The van der Waals surface area contributed by atoms with Crippen LogP contribution in [0.3, 0.4) is 0 Å². The second-order valence-corrected chi connectivity index (χ2v) is 4.78. The first-order valence-electron chi connectivity index (χ1n) is 6.25. The zero-order valence-corrected chi connectivity index (χ0v) is 11.1. The minimum Gasteiger partial charge on any atom is -0.324 e. The van der Waals surface area contributed by atoms with Gasteiger partial charge >= 0.3 is 0 Å². The summed E-state index contributed by atoms with van der Waals surface area (Å²) in [6.45, 7) is 0. The molecule has 2 atom stereocenters. The van der Waals surface area contributed by atoms with E-state index in [0.29, 0.717) is 5.92 Å². The highest BCUT2D eigenvalue weighted by Gasteiger charge is 2.25. The largest absolute Gasteiger partial charge is 0.324 e. The third-order valence-electron chi connectivity index (χ3n) is 3.74. The Morgan fingerprint density at radius 1 is 0.778 bits per heavy atom. The van der Waals surface area contributed by atoms with Crippen LogP contribution < -0.4 is 5.73 Å². The molecule has 2 aromatic rings. The summed E-state index contributed by atoms with van der Waals surface area (Å²) in [5, 5.41) is 0. The van der Waals surface area contributed by atoms with Gasteiger partial charge in [-0.05, 0) is 29.5 Å².